The molecule has 0 saturated carbocycles. The summed E-state index contributed by atoms with van der Waals surface area (Å²) in [7, 11) is 2.17. The molecule has 0 amide bonds. The minimum Gasteiger partial charge on any atom is -0.360 e. The first-order chi connectivity index (χ1) is 8.29. The van der Waals surface area contributed by atoms with Gasteiger partial charge < -0.3 is 9.84 Å². The Morgan fingerprint density at radius 2 is 2.53 bits per heavy atom. The molecule has 1 aromatic heterocycles. The van der Waals surface area contributed by atoms with Crippen molar-refractivity contribution in [3.05, 3.63) is 17.5 Å². The molecule has 96 valence electrons. The molecule has 1 unspecified atom stereocenters. The first-order valence-electron chi connectivity index (χ1n) is 6.22. The van der Waals surface area contributed by atoms with Crippen LogP contribution in [0.2, 0.25) is 0 Å². The van der Waals surface area contributed by atoms with Gasteiger partial charge in [-0.3, -0.25) is 4.90 Å². The maximum atomic E-state index is 5.35. The molecule has 2 heterocycles. The van der Waals surface area contributed by atoms with Crippen molar-refractivity contribution in [1.29, 1.82) is 0 Å². The zero-order chi connectivity index (χ0) is 12.1. The summed E-state index contributed by atoms with van der Waals surface area (Å²) in [5, 5.41) is 7.31. The highest BCUT2D eigenvalue weighted by atomic mass is 32.2. The Kier molecular flexibility index (Phi) is 4.88. The molecule has 5 heteroatoms. The molecule has 1 saturated heterocycles. The van der Waals surface area contributed by atoms with Crippen LogP contribution in [0.5, 0.6) is 0 Å². The fourth-order valence-corrected chi connectivity index (χ4v) is 3.31. The highest BCUT2D eigenvalue weighted by molar-refractivity contribution is 7.99. The Morgan fingerprint density at radius 1 is 1.65 bits per heavy atom. The van der Waals surface area contributed by atoms with Crippen LogP contribution in [0.15, 0.2) is 10.6 Å². The molecule has 0 aliphatic carbocycles. The molecule has 1 aliphatic heterocycles. The van der Waals surface area contributed by atoms with E-state index < -0.39 is 0 Å². The maximum absolute atomic E-state index is 5.35. The van der Waals surface area contributed by atoms with Crippen molar-refractivity contribution in [1.82, 2.24) is 15.4 Å². The molecule has 1 aliphatic rings. The van der Waals surface area contributed by atoms with Gasteiger partial charge >= 0.3 is 0 Å². The van der Waals surface area contributed by atoms with Crippen molar-refractivity contribution in [2.75, 3.05) is 25.1 Å². The van der Waals surface area contributed by atoms with Crippen molar-refractivity contribution in [3.8, 4) is 0 Å². The number of hydrogen-bond donors (Lipinski definition) is 1. The van der Waals surface area contributed by atoms with E-state index in [1.807, 2.05) is 11.8 Å². The number of nitrogens with zero attached hydrogens (tertiary/aromatic N) is 2. The van der Waals surface area contributed by atoms with Gasteiger partial charge in [-0.15, -0.1) is 0 Å². The molecular weight excluding hydrogens is 234 g/mol. The SMILES string of the molecule is CCNCc1cc(CN(C)C2CCSC2)on1. The Balaban J connectivity index is 1.83. The third-order valence-corrected chi connectivity index (χ3v) is 4.24. The molecule has 0 radical (unpaired) electrons. The zero-order valence-electron chi connectivity index (χ0n) is 10.6. The summed E-state index contributed by atoms with van der Waals surface area (Å²) in [4.78, 5) is 2.37. The van der Waals surface area contributed by atoms with Gasteiger partial charge in [-0.2, -0.15) is 11.8 Å². The van der Waals surface area contributed by atoms with Crippen LogP contribution >= 0.6 is 11.8 Å². The first kappa shape index (κ1) is 12.9. The Morgan fingerprint density at radius 3 is 3.24 bits per heavy atom. The molecule has 1 aromatic rings. The summed E-state index contributed by atoms with van der Waals surface area (Å²) in [6, 6.07) is 2.75. The van der Waals surface area contributed by atoms with Crippen LogP contribution in [0.4, 0.5) is 0 Å². The maximum Gasteiger partial charge on any atom is 0.151 e. The lowest BCUT2D eigenvalue weighted by molar-refractivity contribution is 0.222. The number of aromatic nitrogens is 1. The van der Waals surface area contributed by atoms with E-state index in [2.05, 4.69) is 35.4 Å². The Hall–Kier alpha value is -0.520. The van der Waals surface area contributed by atoms with Crippen molar-refractivity contribution in [2.45, 2.75) is 32.5 Å². The zero-order valence-corrected chi connectivity index (χ0v) is 11.4. The van der Waals surface area contributed by atoms with Crippen LogP contribution in [0.25, 0.3) is 0 Å². The fourth-order valence-electron chi connectivity index (χ4n) is 2.01. The standard InChI is InChI=1S/C12H21N3OS/c1-3-13-7-10-6-12(16-14-10)8-15(2)11-4-5-17-9-11/h6,11,13H,3-5,7-9H2,1-2H3. The predicted molar refractivity (Wildman–Crippen MR) is 71.1 cm³/mol. The summed E-state index contributed by atoms with van der Waals surface area (Å²) in [6.07, 6.45) is 1.29. The lowest BCUT2D eigenvalue weighted by Crippen LogP contribution is -2.30. The highest BCUT2D eigenvalue weighted by Gasteiger charge is 2.21. The average Bonchev–Trinajstić information content (AvgIpc) is 2.97. The van der Waals surface area contributed by atoms with Crippen molar-refractivity contribution in [3.63, 3.8) is 0 Å². The Labute approximate surface area is 107 Å². The molecule has 0 bridgehead atoms. The van der Waals surface area contributed by atoms with E-state index in [4.69, 9.17) is 4.52 Å². The first-order valence-corrected chi connectivity index (χ1v) is 7.38. The number of thioether (sulfide) groups is 1. The molecule has 4 nitrogen and oxygen atoms in total. The van der Waals surface area contributed by atoms with Gasteiger partial charge in [-0.25, -0.2) is 0 Å². The van der Waals surface area contributed by atoms with Crippen LogP contribution in [-0.4, -0.2) is 41.2 Å². The fraction of sp³-hybridized carbons (Fsp3) is 0.750. The van der Waals surface area contributed by atoms with Crippen LogP contribution in [0, 0.1) is 0 Å². The second-order valence-corrected chi connectivity index (χ2v) is 5.65. The van der Waals surface area contributed by atoms with Gasteiger partial charge in [0, 0.05) is 24.4 Å². The third kappa shape index (κ3) is 3.72. The summed E-state index contributed by atoms with van der Waals surface area (Å²) in [5.74, 6) is 3.50. The van der Waals surface area contributed by atoms with E-state index in [9.17, 15) is 0 Å². The van der Waals surface area contributed by atoms with Crippen LogP contribution in [0.3, 0.4) is 0 Å². The number of nitrogens with one attached hydrogen (secondary N) is 1. The molecule has 1 fully saturated rings. The third-order valence-electron chi connectivity index (χ3n) is 3.10. The van der Waals surface area contributed by atoms with Crippen molar-refractivity contribution >= 4 is 11.8 Å². The summed E-state index contributed by atoms with van der Waals surface area (Å²) >= 11 is 2.04. The van der Waals surface area contributed by atoms with Crippen LogP contribution < -0.4 is 5.32 Å². The normalized spacial score (nSPS) is 20.3. The molecule has 1 N–H and O–H groups in total. The number of rotatable bonds is 6. The van der Waals surface area contributed by atoms with E-state index in [0.29, 0.717) is 6.04 Å². The van der Waals surface area contributed by atoms with E-state index in [1.165, 1.54) is 17.9 Å². The highest BCUT2D eigenvalue weighted by Crippen LogP contribution is 2.22. The van der Waals surface area contributed by atoms with Gasteiger partial charge in [0.05, 0.1) is 12.2 Å². The molecule has 0 spiro atoms. The largest absolute Gasteiger partial charge is 0.360 e. The second kappa shape index (κ2) is 6.42. The van der Waals surface area contributed by atoms with E-state index in [-0.39, 0.29) is 0 Å². The molecule has 17 heavy (non-hydrogen) atoms. The summed E-state index contributed by atoms with van der Waals surface area (Å²) < 4.78 is 5.35. The molecule has 2 rings (SSSR count). The average molecular weight is 255 g/mol. The van der Waals surface area contributed by atoms with Crippen LogP contribution in [0.1, 0.15) is 24.8 Å². The lowest BCUT2D eigenvalue weighted by atomic mass is 10.2. The predicted octanol–water partition coefficient (Wildman–Crippen LogP) is 1.72. The van der Waals surface area contributed by atoms with E-state index in [0.717, 1.165) is 31.1 Å². The van der Waals surface area contributed by atoms with Gasteiger partial charge in [0.25, 0.3) is 0 Å². The minimum absolute atomic E-state index is 0.697. The van der Waals surface area contributed by atoms with E-state index in [1.54, 1.807) is 0 Å². The van der Waals surface area contributed by atoms with E-state index >= 15 is 0 Å². The van der Waals surface area contributed by atoms with Crippen molar-refractivity contribution < 1.29 is 4.52 Å². The monoisotopic (exact) mass is 255 g/mol. The van der Waals surface area contributed by atoms with Crippen molar-refractivity contribution in [2.24, 2.45) is 0 Å². The minimum atomic E-state index is 0.697. The van der Waals surface area contributed by atoms with Gasteiger partial charge in [-0.1, -0.05) is 12.1 Å². The van der Waals surface area contributed by atoms with Gasteiger partial charge in [-0.05, 0) is 25.8 Å². The topological polar surface area (TPSA) is 41.3 Å². The smallest absolute Gasteiger partial charge is 0.151 e. The molecule has 1 atom stereocenters. The van der Waals surface area contributed by atoms with Crippen LogP contribution in [-0.2, 0) is 13.1 Å². The second-order valence-electron chi connectivity index (χ2n) is 4.50. The number of hydrogen-bond acceptors (Lipinski definition) is 5. The van der Waals surface area contributed by atoms with Gasteiger partial charge in [0.2, 0.25) is 0 Å². The quantitative estimate of drug-likeness (QED) is 0.838. The molecular formula is C12H21N3OS. The summed E-state index contributed by atoms with van der Waals surface area (Å²) in [5.41, 5.74) is 0.996. The van der Waals surface area contributed by atoms with Gasteiger partial charge in [0.1, 0.15) is 0 Å². The summed E-state index contributed by atoms with van der Waals surface area (Å²) in [6.45, 7) is 4.71. The Bertz CT molecular complexity index is 336. The lowest BCUT2D eigenvalue weighted by Gasteiger charge is -2.21. The molecule has 0 aromatic carbocycles. The van der Waals surface area contributed by atoms with Gasteiger partial charge in [0.15, 0.2) is 5.76 Å².